The Bertz CT molecular complexity index is 465. The largest absolute Gasteiger partial charge is 0.352 e. The quantitative estimate of drug-likeness (QED) is 0.879. The van der Waals surface area contributed by atoms with Crippen molar-refractivity contribution in [1.82, 2.24) is 20.2 Å². The van der Waals surface area contributed by atoms with E-state index in [9.17, 15) is 9.59 Å². The Morgan fingerprint density at radius 3 is 2.63 bits per heavy atom. The minimum Gasteiger partial charge on any atom is -0.352 e. The summed E-state index contributed by atoms with van der Waals surface area (Å²) in [7, 11) is 0. The van der Waals surface area contributed by atoms with Gasteiger partial charge in [0.05, 0.1) is 18.9 Å². The zero-order valence-corrected chi connectivity index (χ0v) is 11.9. The second-order valence-corrected chi connectivity index (χ2v) is 4.66. The number of likely N-dealkylation sites (N-methyl/N-ethyl adjacent to an activating group) is 1. The number of halogens is 1. The summed E-state index contributed by atoms with van der Waals surface area (Å²) in [6.45, 7) is 5.90. The standard InChI is InChI=1S/C12H17ClN4O2/c1-4-17(7-11(18)15-8(2)3)12(19)9-5-14-6-10(13)16-9/h5-6,8H,4,7H2,1-3H3,(H,15,18). The highest BCUT2D eigenvalue weighted by atomic mass is 35.5. The van der Waals surface area contributed by atoms with Gasteiger partial charge >= 0.3 is 0 Å². The van der Waals surface area contributed by atoms with Gasteiger partial charge in [-0.05, 0) is 20.8 Å². The Balaban J connectivity index is 2.74. The molecule has 0 radical (unpaired) electrons. The Labute approximate surface area is 117 Å². The van der Waals surface area contributed by atoms with Gasteiger partial charge in [0.15, 0.2) is 0 Å². The molecule has 0 saturated heterocycles. The molecule has 7 heteroatoms. The van der Waals surface area contributed by atoms with Crippen LogP contribution in [0, 0.1) is 0 Å². The Morgan fingerprint density at radius 1 is 1.42 bits per heavy atom. The van der Waals surface area contributed by atoms with Gasteiger partial charge in [-0.25, -0.2) is 4.98 Å². The molecule has 1 aromatic rings. The van der Waals surface area contributed by atoms with Crippen LogP contribution in [-0.2, 0) is 4.79 Å². The second-order valence-electron chi connectivity index (χ2n) is 4.27. The third kappa shape index (κ3) is 4.82. The van der Waals surface area contributed by atoms with Crippen molar-refractivity contribution in [3.05, 3.63) is 23.2 Å². The lowest BCUT2D eigenvalue weighted by Crippen LogP contribution is -2.42. The Hall–Kier alpha value is -1.69. The van der Waals surface area contributed by atoms with E-state index in [2.05, 4.69) is 15.3 Å². The summed E-state index contributed by atoms with van der Waals surface area (Å²) in [4.78, 5) is 32.9. The van der Waals surface area contributed by atoms with Gasteiger partial charge in [-0.15, -0.1) is 0 Å². The highest BCUT2D eigenvalue weighted by Gasteiger charge is 2.19. The fourth-order valence-corrected chi connectivity index (χ4v) is 1.62. The molecular formula is C12H17ClN4O2. The molecule has 0 bridgehead atoms. The molecule has 0 fully saturated rings. The second kappa shape index (κ2) is 7.04. The zero-order chi connectivity index (χ0) is 14.4. The minimum atomic E-state index is -0.364. The highest BCUT2D eigenvalue weighted by molar-refractivity contribution is 6.29. The van der Waals surface area contributed by atoms with Crippen LogP contribution in [0.5, 0.6) is 0 Å². The summed E-state index contributed by atoms with van der Waals surface area (Å²) >= 11 is 5.69. The van der Waals surface area contributed by atoms with E-state index in [0.717, 1.165) is 0 Å². The number of rotatable bonds is 5. The van der Waals surface area contributed by atoms with Crippen molar-refractivity contribution in [3.8, 4) is 0 Å². The van der Waals surface area contributed by atoms with Gasteiger partial charge in [0, 0.05) is 12.6 Å². The maximum atomic E-state index is 12.1. The molecule has 0 unspecified atom stereocenters. The van der Waals surface area contributed by atoms with Gasteiger partial charge in [0.25, 0.3) is 5.91 Å². The number of hydrogen-bond acceptors (Lipinski definition) is 4. The molecular weight excluding hydrogens is 268 g/mol. The number of aromatic nitrogens is 2. The third-order valence-electron chi connectivity index (χ3n) is 2.28. The van der Waals surface area contributed by atoms with Crippen molar-refractivity contribution < 1.29 is 9.59 Å². The van der Waals surface area contributed by atoms with Crippen LogP contribution in [0.15, 0.2) is 12.4 Å². The molecule has 0 aliphatic carbocycles. The first-order valence-electron chi connectivity index (χ1n) is 6.00. The lowest BCUT2D eigenvalue weighted by atomic mass is 10.3. The van der Waals surface area contributed by atoms with Crippen LogP contribution < -0.4 is 5.32 Å². The zero-order valence-electron chi connectivity index (χ0n) is 11.2. The van der Waals surface area contributed by atoms with Crippen molar-refractivity contribution in [3.63, 3.8) is 0 Å². The van der Waals surface area contributed by atoms with E-state index >= 15 is 0 Å². The summed E-state index contributed by atoms with van der Waals surface area (Å²) in [5, 5.41) is 2.88. The first-order chi connectivity index (χ1) is 8.93. The lowest BCUT2D eigenvalue weighted by molar-refractivity contribution is -0.122. The highest BCUT2D eigenvalue weighted by Crippen LogP contribution is 2.05. The molecule has 6 nitrogen and oxygen atoms in total. The summed E-state index contributed by atoms with van der Waals surface area (Å²) in [5.74, 6) is -0.573. The molecule has 0 saturated carbocycles. The molecule has 0 aliphatic rings. The molecule has 2 amide bonds. The topological polar surface area (TPSA) is 75.2 Å². The molecule has 0 aliphatic heterocycles. The summed E-state index contributed by atoms with van der Waals surface area (Å²) in [6.07, 6.45) is 2.68. The first kappa shape index (κ1) is 15.4. The van der Waals surface area contributed by atoms with E-state index in [0.29, 0.717) is 6.54 Å². The number of nitrogens with zero attached hydrogens (tertiary/aromatic N) is 3. The smallest absolute Gasteiger partial charge is 0.274 e. The van der Waals surface area contributed by atoms with Crippen LogP contribution in [0.1, 0.15) is 31.3 Å². The Morgan fingerprint density at radius 2 is 2.11 bits per heavy atom. The molecule has 1 aromatic heterocycles. The fourth-order valence-electron chi connectivity index (χ4n) is 1.48. The summed E-state index contributed by atoms with van der Waals surface area (Å²) < 4.78 is 0. The summed E-state index contributed by atoms with van der Waals surface area (Å²) in [6, 6.07) is 0.0345. The summed E-state index contributed by atoms with van der Waals surface area (Å²) in [5.41, 5.74) is 0.131. The molecule has 1 heterocycles. The number of nitrogens with one attached hydrogen (secondary N) is 1. The van der Waals surface area contributed by atoms with Crippen LogP contribution in [-0.4, -0.2) is 45.8 Å². The van der Waals surface area contributed by atoms with E-state index < -0.39 is 0 Å². The van der Waals surface area contributed by atoms with E-state index in [1.807, 2.05) is 13.8 Å². The van der Waals surface area contributed by atoms with Crippen LogP contribution in [0.25, 0.3) is 0 Å². The lowest BCUT2D eigenvalue weighted by Gasteiger charge is -2.20. The number of amides is 2. The Kier molecular flexibility index (Phi) is 5.69. The van der Waals surface area contributed by atoms with Gasteiger partial charge in [-0.3, -0.25) is 14.6 Å². The average Bonchev–Trinajstić information content (AvgIpc) is 2.34. The first-order valence-corrected chi connectivity index (χ1v) is 6.38. The van der Waals surface area contributed by atoms with Crippen molar-refractivity contribution in [2.24, 2.45) is 0 Å². The third-order valence-corrected chi connectivity index (χ3v) is 2.46. The SMILES string of the molecule is CCN(CC(=O)NC(C)C)C(=O)c1cncc(Cl)n1. The van der Waals surface area contributed by atoms with Gasteiger partial charge in [0.1, 0.15) is 10.8 Å². The van der Waals surface area contributed by atoms with Crippen molar-refractivity contribution in [2.75, 3.05) is 13.1 Å². The van der Waals surface area contributed by atoms with E-state index in [1.165, 1.54) is 17.3 Å². The number of hydrogen-bond donors (Lipinski definition) is 1. The number of carbonyl (C=O) groups is 2. The van der Waals surface area contributed by atoms with Gasteiger partial charge in [-0.1, -0.05) is 11.6 Å². The maximum absolute atomic E-state index is 12.1. The van der Waals surface area contributed by atoms with Gasteiger partial charge in [-0.2, -0.15) is 0 Å². The van der Waals surface area contributed by atoms with E-state index in [4.69, 9.17) is 11.6 Å². The van der Waals surface area contributed by atoms with Gasteiger partial charge < -0.3 is 10.2 Å². The molecule has 1 rings (SSSR count). The monoisotopic (exact) mass is 284 g/mol. The van der Waals surface area contributed by atoms with Crippen LogP contribution in [0.2, 0.25) is 5.15 Å². The van der Waals surface area contributed by atoms with Crippen LogP contribution in [0.3, 0.4) is 0 Å². The van der Waals surface area contributed by atoms with E-state index in [1.54, 1.807) is 6.92 Å². The van der Waals surface area contributed by atoms with Crippen molar-refractivity contribution in [1.29, 1.82) is 0 Å². The molecule has 1 N–H and O–H groups in total. The van der Waals surface area contributed by atoms with Crippen molar-refractivity contribution in [2.45, 2.75) is 26.8 Å². The fraction of sp³-hybridized carbons (Fsp3) is 0.500. The predicted octanol–water partition coefficient (Wildman–Crippen LogP) is 1.12. The molecule has 19 heavy (non-hydrogen) atoms. The molecule has 104 valence electrons. The maximum Gasteiger partial charge on any atom is 0.274 e. The predicted molar refractivity (Wildman–Crippen MR) is 71.9 cm³/mol. The number of carbonyl (C=O) groups excluding carboxylic acids is 2. The van der Waals surface area contributed by atoms with Crippen molar-refractivity contribution >= 4 is 23.4 Å². The molecule has 0 atom stereocenters. The van der Waals surface area contributed by atoms with Crippen LogP contribution >= 0.6 is 11.6 Å². The average molecular weight is 285 g/mol. The molecule has 0 aromatic carbocycles. The normalized spacial score (nSPS) is 10.4. The van der Waals surface area contributed by atoms with Gasteiger partial charge in [0.2, 0.25) is 5.91 Å². The minimum absolute atomic E-state index is 0.0122. The molecule has 0 spiro atoms. The van der Waals surface area contributed by atoms with Crippen LogP contribution in [0.4, 0.5) is 0 Å². The van der Waals surface area contributed by atoms with E-state index in [-0.39, 0.29) is 35.2 Å².